The third-order valence-electron chi connectivity index (χ3n) is 2.65. The first kappa shape index (κ1) is 13.1. The molecule has 0 aromatic heterocycles. The van der Waals surface area contributed by atoms with Gasteiger partial charge in [0.05, 0.1) is 0 Å². The highest BCUT2D eigenvalue weighted by Gasteiger charge is 2.06. The quantitative estimate of drug-likeness (QED) is 0.829. The van der Waals surface area contributed by atoms with Gasteiger partial charge in [-0.3, -0.25) is 0 Å². The molecule has 1 atom stereocenters. The van der Waals surface area contributed by atoms with Gasteiger partial charge in [-0.15, -0.1) is 0 Å². The Labute approximate surface area is 95.3 Å². The standard InChI is InChI=1S/C12H18F2N2/c1-9(16(2)3)7-15-8-10-4-5-11(13)6-12(10)14/h4-6,9,15H,7-8H2,1-3H3. The van der Waals surface area contributed by atoms with Gasteiger partial charge in [0, 0.05) is 30.8 Å². The van der Waals surface area contributed by atoms with Gasteiger partial charge in [-0.25, -0.2) is 8.78 Å². The molecule has 1 aromatic carbocycles. The minimum atomic E-state index is -0.539. The molecule has 1 N–H and O–H groups in total. The predicted octanol–water partition coefficient (Wildman–Crippen LogP) is 2.00. The van der Waals surface area contributed by atoms with Crippen molar-refractivity contribution in [1.82, 2.24) is 10.2 Å². The SMILES string of the molecule is CC(CNCc1ccc(F)cc1F)N(C)C. The van der Waals surface area contributed by atoms with E-state index in [2.05, 4.69) is 17.1 Å². The van der Waals surface area contributed by atoms with E-state index in [9.17, 15) is 8.78 Å². The Morgan fingerprint density at radius 3 is 2.56 bits per heavy atom. The first-order valence-corrected chi connectivity index (χ1v) is 5.31. The van der Waals surface area contributed by atoms with E-state index >= 15 is 0 Å². The second kappa shape index (κ2) is 5.92. The van der Waals surface area contributed by atoms with Gasteiger partial charge in [-0.2, -0.15) is 0 Å². The van der Waals surface area contributed by atoms with Gasteiger partial charge in [-0.05, 0) is 27.1 Å². The number of benzene rings is 1. The lowest BCUT2D eigenvalue weighted by atomic mass is 10.2. The summed E-state index contributed by atoms with van der Waals surface area (Å²) >= 11 is 0. The Bertz CT molecular complexity index is 340. The zero-order valence-electron chi connectivity index (χ0n) is 9.93. The van der Waals surface area contributed by atoms with Crippen molar-refractivity contribution in [1.29, 1.82) is 0 Å². The maximum Gasteiger partial charge on any atom is 0.130 e. The summed E-state index contributed by atoms with van der Waals surface area (Å²) in [6.45, 7) is 3.27. The molecule has 90 valence electrons. The van der Waals surface area contributed by atoms with Crippen molar-refractivity contribution in [3.05, 3.63) is 35.4 Å². The van der Waals surface area contributed by atoms with Crippen LogP contribution in [0.2, 0.25) is 0 Å². The van der Waals surface area contributed by atoms with Crippen LogP contribution in [0, 0.1) is 11.6 Å². The molecule has 0 amide bonds. The minimum Gasteiger partial charge on any atom is -0.311 e. The average Bonchev–Trinajstić information content (AvgIpc) is 2.20. The lowest BCUT2D eigenvalue weighted by Gasteiger charge is -2.20. The first-order chi connectivity index (χ1) is 7.50. The van der Waals surface area contributed by atoms with Crippen molar-refractivity contribution in [3.63, 3.8) is 0 Å². The van der Waals surface area contributed by atoms with Crippen LogP contribution in [-0.4, -0.2) is 31.6 Å². The molecule has 0 aliphatic carbocycles. The Hall–Kier alpha value is -1.00. The Morgan fingerprint density at radius 1 is 1.31 bits per heavy atom. The highest BCUT2D eigenvalue weighted by atomic mass is 19.1. The van der Waals surface area contributed by atoms with E-state index in [-0.39, 0.29) is 0 Å². The summed E-state index contributed by atoms with van der Waals surface area (Å²) in [5.41, 5.74) is 0.493. The zero-order chi connectivity index (χ0) is 12.1. The molecule has 0 aliphatic rings. The Morgan fingerprint density at radius 2 is 2.00 bits per heavy atom. The van der Waals surface area contributed by atoms with E-state index in [1.54, 1.807) is 0 Å². The van der Waals surface area contributed by atoms with Crippen molar-refractivity contribution >= 4 is 0 Å². The molecule has 0 bridgehead atoms. The summed E-state index contributed by atoms with van der Waals surface area (Å²) < 4.78 is 25.9. The van der Waals surface area contributed by atoms with E-state index in [1.807, 2.05) is 14.1 Å². The number of hydrogen-bond acceptors (Lipinski definition) is 2. The van der Waals surface area contributed by atoms with Crippen LogP contribution < -0.4 is 5.32 Å². The van der Waals surface area contributed by atoms with Crippen LogP contribution in [0.25, 0.3) is 0 Å². The minimum absolute atomic E-state index is 0.378. The second-order valence-electron chi connectivity index (χ2n) is 4.18. The molecule has 1 aromatic rings. The molecule has 16 heavy (non-hydrogen) atoms. The van der Waals surface area contributed by atoms with Crippen molar-refractivity contribution in [3.8, 4) is 0 Å². The molecular weight excluding hydrogens is 210 g/mol. The molecule has 0 saturated carbocycles. The number of rotatable bonds is 5. The van der Waals surface area contributed by atoms with Crippen LogP contribution >= 0.6 is 0 Å². The maximum absolute atomic E-state index is 13.2. The summed E-state index contributed by atoms with van der Waals surface area (Å²) in [6, 6.07) is 4.03. The van der Waals surface area contributed by atoms with E-state index in [0.29, 0.717) is 18.2 Å². The molecule has 0 heterocycles. The molecule has 2 nitrogen and oxygen atoms in total. The molecule has 0 spiro atoms. The smallest absolute Gasteiger partial charge is 0.130 e. The molecule has 0 fully saturated rings. The molecular formula is C12H18F2N2. The van der Waals surface area contributed by atoms with Crippen molar-refractivity contribution < 1.29 is 8.78 Å². The van der Waals surface area contributed by atoms with Gasteiger partial charge in [0.25, 0.3) is 0 Å². The molecule has 0 aliphatic heterocycles. The van der Waals surface area contributed by atoms with Gasteiger partial charge in [0.2, 0.25) is 0 Å². The highest BCUT2D eigenvalue weighted by Crippen LogP contribution is 2.08. The number of hydrogen-bond donors (Lipinski definition) is 1. The monoisotopic (exact) mass is 228 g/mol. The fourth-order valence-electron chi connectivity index (χ4n) is 1.26. The van der Waals surface area contributed by atoms with Gasteiger partial charge in [0.15, 0.2) is 0 Å². The summed E-state index contributed by atoms with van der Waals surface area (Å²) in [4.78, 5) is 2.08. The maximum atomic E-state index is 13.2. The van der Waals surface area contributed by atoms with Crippen LogP contribution in [0.15, 0.2) is 18.2 Å². The van der Waals surface area contributed by atoms with Crippen molar-refractivity contribution in [2.24, 2.45) is 0 Å². The zero-order valence-corrected chi connectivity index (χ0v) is 9.93. The van der Waals surface area contributed by atoms with Gasteiger partial charge in [-0.1, -0.05) is 6.07 Å². The van der Waals surface area contributed by atoms with E-state index in [0.717, 1.165) is 12.6 Å². The third-order valence-corrected chi connectivity index (χ3v) is 2.65. The lowest BCUT2D eigenvalue weighted by Crippen LogP contribution is -2.35. The van der Waals surface area contributed by atoms with Crippen LogP contribution in [0.3, 0.4) is 0 Å². The van der Waals surface area contributed by atoms with E-state index < -0.39 is 11.6 Å². The number of halogens is 2. The fourth-order valence-corrected chi connectivity index (χ4v) is 1.26. The number of nitrogens with zero attached hydrogens (tertiary/aromatic N) is 1. The first-order valence-electron chi connectivity index (χ1n) is 5.31. The van der Waals surface area contributed by atoms with Crippen LogP contribution in [-0.2, 0) is 6.54 Å². The van der Waals surface area contributed by atoms with Crippen molar-refractivity contribution in [2.75, 3.05) is 20.6 Å². The Kier molecular flexibility index (Phi) is 4.83. The summed E-state index contributed by atoms with van der Waals surface area (Å²) in [6.07, 6.45) is 0. The van der Waals surface area contributed by atoms with Crippen molar-refractivity contribution in [2.45, 2.75) is 19.5 Å². The largest absolute Gasteiger partial charge is 0.311 e. The fraction of sp³-hybridized carbons (Fsp3) is 0.500. The summed E-state index contributed by atoms with van der Waals surface area (Å²) in [5, 5.41) is 3.14. The van der Waals surface area contributed by atoms with Gasteiger partial charge >= 0.3 is 0 Å². The van der Waals surface area contributed by atoms with Crippen LogP contribution in [0.1, 0.15) is 12.5 Å². The second-order valence-corrected chi connectivity index (χ2v) is 4.18. The van der Waals surface area contributed by atoms with Gasteiger partial charge in [0.1, 0.15) is 11.6 Å². The normalized spacial score (nSPS) is 13.1. The molecule has 1 rings (SSSR count). The summed E-state index contributed by atoms with van der Waals surface area (Å²) in [5.74, 6) is -1.03. The number of nitrogens with one attached hydrogen (secondary N) is 1. The van der Waals surface area contributed by atoms with E-state index in [4.69, 9.17) is 0 Å². The average molecular weight is 228 g/mol. The Balaban J connectivity index is 2.43. The van der Waals surface area contributed by atoms with Gasteiger partial charge < -0.3 is 10.2 Å². The van der Waals surface area contributed by atoms with Crippen LogP contribution in [0.4, 0.5) is 8.78 Å². The molecule has 4 heteroatoms. The molecule has 1 unspecified atom stereocenters. The lowest BCUT2D eigenvalue weighted by molar-refractivity contribution is 0.302. The topological polar surface area (TPSA) is 15.3 Å². The van der Waals surface area contributed by atoms with Crippen LogP contribution in [0.5, 0.6) is 0 Å². The molecule has 0 radical (unpaired) electrons. The van der Waals surface area contributed by atoms with E-state index in [1.165, 1.54) is 12.1 Å². The highest BCUT2D eigenvalue weighted by molar-refractivity contribution is 5.18. The third kappa shape index (κ3) is 3.87. The molecule has 0 saturated heterocycles. The number of likely N-dealkylation sites (N-methyl/N-ethyl adjacent to an activating group) is 1. The predicted molar refractivity (Wildman–Crippen MR) is 61.2 cm³/mol. The summed E-state index contributed by atoms with van der Waals surface area (Å²) in [7, 11) is 3.98.